The summed E-state index contributed by atoms with van der Waals surface area (Å²) in [6, 6.07) is 0. The molecular formula is C12H26N4O2. The third-order valence-corrected chi connectivity index (χ3v) is 3.15. The van der Waals surface area contributed by atoms with Crippen molar-refractivity contribution in [1.29, 1.82) is 5.41 Å². The van der Waals surface area contributed by atoms with Gasteiger partial charge in [-0.25, -0.2) is 0 Å². The van der Waals surface area contributed by atoms with E-state index in [1.165, 1.54) is 0 Å². The highest BCUT2D eigenvalue weighted by atomic mass is 16.5. The number of hydrogen-bond donors (Lipinski definition) is 2. The van der Waals surface area contributed by atoms with Crippen molar-refractivity contribution >= 4 is 5.84 Å². The summed E-state index contributed by atoms with van der Waals surface area (Å²) in [6.45, 7) is 8.21. The Balaban J connectivity index is 2.22. The van der Waals surface area contributed by atoms with Crippen LogP contribution in [0.3, 0.4) is 0 Å². The van der Waals surface area contributed by atoms with Gasteiger partial charge in [-0.1, -0.05) is 0 Å². The van der Waals surface area contributed by atoms with Crippen molar-refractivity contribution in [2.75, 3.05) is 66.2 Å². The molecular weight excluding hydrogens is 232 g/mol. The molecule has 0 aromatic rings. The summed E-state index contributed by atoms with van der Waals surface area (Å²) in [5.74, 6) is 0.254. The van der Waals surface area contributed by atoms with E-state index in [2.05, 4.69) is 9.80 Å². The third-order valence-electron chi connectivity index (χ3n) is 3.15. The van der Waals surface area contributed by atoms with E-state index in [1.54, 1.807) is 7.11 Å². The van der Waals surface area contributed by atoms with Crippen LogP contribution in [0, 0.1) is 5.41 Å². The van der Waals surface area contributed by atoms with Crippen molar-refractivity contribution in [2.24, 2.45) is 5.73 Å². The van der Waals surface area contributed by atoms with Crippen LogP contribution in [0.1, 0.15) is 6.42 Å². The summed E-state index contributed by atoms with van der Waals surface area (Å²) in [4.78, 5) is 4.72. The van der Waals surface area contributed by atoms with Crippen LogP contribution in [-0.2, 0) is 9.47 Å². The van der Waals surface area contributed by atoms with Gasteiger partial charge in [0, 0.05) is 52.8 Å². The predicted molar refractivity (Wildman–Crippen MR) is 72.1 cm³/mol. The van der Waals surface area contributed by atoms with Crippen LogP contribution >= 0.6 is 0 Å². The van der Waals surface area contributed by atoms with Gasteiger partial charge in [-0.05, 0) is 0 Å². The quantitative estimate of drug-likeness (QED) is 0.434. The van der Waals surface area contributed by atoms with Gasteiger partial charge in [0.1, 0.15) is 0 Å². The highest BCUT2D eigenvalue weighted by Crippen LogP contribution is 1.99. The molecule has 0 aromatic heterocycles. The first-order valence-electron chi connectivity index (χ1n) is 6.56. The molecule has 0 aromatic carbocycles. The molecule has 0 bridgehead atoms. The van der Waals surface area contributed by atoms with Crippen molar-refractivity contribution in [2.45, 2.75) is 6.42 Å². The van der Waals surface area contributed by atoms with E-state index in [9.17, 15) is 0 Å². The summed E-state index contributed by atoms with van der Waals surface area (Å²) >= 11 is 0. The number of nitrogens with one attached hydrogen (secondary N) is 1. The normalized spacial score (nSPS) is 17.2. The average Bonchev–Trinajstić information content (AvgIpc) is 2.39. The SMILES string of the molecule is COCCN(CCC(=N)N)CCN1CCOCC1. The van der Waals surface area contributed by atoms with Crippen LogP contribution in [0.15, 0.2) is 0 Å². The van der Waals surface area contributed by atoms with E-state index in [-0.39, 0.29) is 5.84 Å². The third kappa shape index (κ3) is 6.90. The number of ether oxygens (including phenoxy) is 2. The van der Waals surface area contributed by atoms with Gasteiger partial charge in [0.2, 0.25) is 0 Å². The molecule has 0 unspecified atom stereocenters. The average molecular weight is 258 g/mol. The Hall–Kier alpha value is -0.690. The molecule has 1 fully saturated rings. The zero-order valence-electron chi connectivity index (χ0n) is 11.4. The molecule has 6 heteroatoms. The van der Waals surface area contributed by atoms with Gasteiger partial charge in [0.15, 0.2) is 0 Å². The molecule has 0 amide bonds. The Morgan fingerprint density at radius 1 is 1.33 bits per heavy atom. The molecule has 1 heterocycles. The molecule has 1 aliphatic rings. The van der Waals surface area contributed by atoms with Crippen LogP contribution in [-0.4, -0.2) is 81.8 Å². The minimum absolute atomic E-state index is 0.254. The maximum atomic E-state index is 7.29. The Labute approximate surface area is 110 Å². The Kier molecular flexibility index (Phi) is 7.91. The second-order valence-electron chi connectivity index (χ2n) is 4.56. The number of nitrogens with two attached hydrogens (primary N) is 1. The molecule has 1 rings (SSSR count). The number of nitrogens with zero attached hydrogens (tertiary/aromatic N) is 2. The van der Waals surface area contributed by atoms with Crippen molar-refractivity contribution in [1.82, 2.24) is 9.80 Å². The summed E-state index contributed by atoms with van der Waals surface area (Å²) < 4.78 is 10.4. The van der Waals surface area contributed by atoms with Gasteiger partial charge in [0.05, 0.1) is 25.7 Å². The lowest BCUT2D eigenvalue weighted by Crippen LogP contribution is -2.42. The van der Waals surface area contributed by atoms with Crippen molar-refractivity contribution in [3.05, 3.63) is 0 Å². The van der Waals surface area contributed by atoms with Crippen molar-refractivity contribution in [3.8, 4) is 0 Å². The summed E-state index contributed by atoms with van der Waals surface area (Å²) in [7, 11) is 1.71. The first-order chi connectivity index (χ1) is 8.72. The lowest BCUT2D eigenvalue weighted by molar-refractivity contribution is 0.0321. The number of hydrogen-bond acceptors (Lipinski definition) is 5. The zero-order valence-corrected chi connectivity index (χ0v) is 11.4. The maximum absolute atomic E-state index is 7.29. The minimum atomic E-state index is 0.254. The van der Waals surface area contributed by atoms with Crippen LogP contribution in [0.4, 0.5) is 0 Å². The maximum Gasteiger partial charge on any atom is 0.0918 e. The van der Waals surface area contributed by atoms with Crippen molar-refractivity contribution < 1.29 is 9.47 Å². The number of morpholine rings is 1. The van der Waals surface area contributed by atoms with Crippen LogP contribution < -0.4 is 5.73 Å². The molecule has 0 radical (unpaired) electrons. The highest BCUT2D eigenvalue weighted by molar-refractivity contribution is 5.76. The molecule has 6 nitrogen and oxygen atoms in total. The van der Waals surface area contributed by atoms with E-state index in [0.29, 0.717) is 6.42 Å². The largest absolute Gasteiger partial charge is 0.388 e. The predicted octanol–water partition coefficient (Wildman–Crippen LogP) is -0.407. The summed E-state index contributed by atoms with van der Waals surface area (Å²) in [5.41, 5.74) is 5.41. The van der Waals surface area contributed by atoms with Crippen LogP contribution in [0.25, 0.3) is 0 Å². The van der Waals surface area contributed by atoms with Gasteiger partial charge >= 0.3 is 0 Å². The fraction of sp³-hybridized carbons (Fsp3) is 0.917. The topological polar surface area (TPSA) is 74.8 Å². The Bertz CT molecular complexity index is 232. The first-order valence-corrected chi connectivity index (χ1v) is 6.56. The van der Waals surface area contributed by atoms with E-state index < -0.39 is 0 Å². The zero-order chi connectivity index (χ0) is 13.2. The lowest BCUT2D eigenvalue weighted by Gasteiger charge is -2.29. The smallest absolute Gasteiger partial charge is 0.0918 e. The second-order valence-corrected chi connectivity index (χ2v) is 4.56. The van der Waals surface area contributed by atoms with E-state index >= 15 is 0 Å². The van der Waals surface area contributed by atoms with Gasteiger partial charge in [-0.2, -0.15) is 0 Å². The molecule has 18 heavy (non-hydrogen) atoms. The van der Waals surface area contributed by atoms with Gasteiger partial charge in [-0.3, -0.25) is 15.2 Å². The molecule has 1 aliphatic heterocycles. The van der Waals surface area contributed by atoms with Gasteiger partial charge in [-0.15, -0.1) is 0 Å². The molecule has 0 aliphatic carbocycles. The fourth-order valence-electron chi connectivity index (χ4n) is 1.94. The molecule has 0 spiro atoms. The van der Waals surface area contributed by atoms with E-state index in [1.807, 2.05) is 0 Å². The van der Waals surface area contributed by atoms with Crippen molar-refractivity contribution in [3.63, 3.8) is 0 Å². The molecule has 0 atom stereocenters. The highest BCUT2D eigenvalue weighted by Gasteiger charge is 2.12. The van der Waals surface area contributed by atoms with Crippen LogP contribution in [0.5, 0.6) is 0 Å². The standard InChI is InChI=1S/C12H26N4O2/c1-17-9-6-15(3-2-12(13)14)4-5-16-7-10-18-11-8-16/h2-11H2,1H3,(H3,13,14). The number of methoxy groups -OCH3 is 1. The number of amidine groups is 1. The van der Waals surface area contributed by atoms with E-state index in [0.717, 1.165) is 59.1 Å². The first kappa shape index (κ1) is 15.4. The fourth-order valence-corrected chi connectivity index (χ4v) is 1.94. The lowest BCUT2D eigenvalue weighted by atomic mass is 10.3. The summed E-state index contributed by atoms with van der Waals surface area (Å²) in [5, 5.41) is 7.29. The van der Waals surface area contributed by atoms with Crippen LogP contribution in [0.2, 0.25) is 0 Å². The number of rotatable bonds is 9. The second kappa shape index (κ2) is 9.27. The molecule has 3 N–H and O–H groups in total. The monoisotopic (exact) mass is 258 g/mol. The molecule has 1 saturated heterocycles. The van der Waals surface area contributed by atoms with E-state index in [4.69, 9.17) is 20.6 Å². The molecule has 0 saturated carbocycles. The Morgan fingerprint density at radius 3 is 2.67 bits per heavy atom. The van der Waals surface area contributed by atoms with Gasteiger partial charge < -0.3 is 15.2 Å². The Morgan fingerprint density at radius 2 is 2.06 bits per heavy atom. The summed E-state index contributed by atoms with van der Waals surface area (Å²) in [6.07, 6.45) is 0.632. The molecule has 106 valence electrons. The van der Waals surface area contributed by atoms with Gasteiger partial charge in [0.25, 0.3) is 0 Å². The minimum Gasteiger partial charge on any atom is -0.388 e.